The van der Waals surface area contributed by atoms with E-state index in [0.29, 0.717) is 0 Å². The van der Waals surface area contributed by atoms with E-state index < -0.39 is 0 Å². The third-order valence-corrected chi connectivity index (χ3v) is 1.87. The van der Waals surface area contributed by atoms with Crippen LogP contribution in [0.1, 0.15) is 32.6 Å². The Morgan fingerprint density at radius 3 is 2.75 bits per heavy atom. The van der Waals surface area contributed by atoms with Crippen molar-refractivity contribution in [2.24, 2.45) is 0 Å². The lowest BCUT2D eigenvalue weighted by Gasteiger charge is -2.16. The van der Waals surface area contributed by atoms with Crippen molar-refractivity contribution >= 4 is 7.12 Å². The first kappa shape index (κ1) is 9.81. The van der Waals surface area contributed by atoms with Crippen molar-refractivity contribution in [2.45, 2.75) is 32.6 Å². The molecule has 0 aliphatic carbocycles. The maximum atomic E-state index is 5.35. The Hall–Kier alpha value is -0.275. The van der Waals surface area contributed by atoms with E-state index in [-0.39, 0.29) is 7.12 Å². The molecule has 0 radical (unpaired) electrons. The van der Waals surface area contributed by atoms with Gasteiger partial charge in [-0.1, -0.05) is 31.8 Å². The minimum atomic E-state index is -0.0735. The smallest absolute Gasteiger partial charge is 0.408 e. The SMILES string of the molecule is CCCC/C=C/B1OCCCO1. The Balaban J connectivity index is 2.07. The van der Waals surface area contributed by atoms with Crippen LogP contribution in [0, 0.1) is 0 Å². The molecule has 1 fully saturated rings. The number of unbranched alkanes of at least 4 members (excludes halogenated alkanes) is 2. The molecule has 0 atom stereocenters. The van der Waals surface area contributed by atoms with Gasteiger partial charge in [-0.3, -0.25) is 0 Å². The van der Waals surface area contributed by atoms with Crippen molar-refractivity contribution in [3.63, 3.8) is 0 Å². The number of hydrogen-bond acceptors (Lipinski definition) is 2. The van der Waals surface area contributed by atoms with E-state index in [1.54, 1.807) is 0 Å². The van der Waals surface area contributed by atoms with Gasteiger partial charge in [0.1, 0.15) is 0 Å². The molecular weight excluding hydrogens is 151 g/mol. The summed E-state index contributed by atoms with van der Waals surface area (Å²) in [6.07, 6.45) is 6.82. The van der Waals surface area contributed by atoms with Gasteiger partial charge >= 0.3 is 7.12 Å². The van der Waals surface area contributed by atoms with E-state index in [1.807, 2.05) is 5.98 Å². The van der Waals surface area contributed by atoms with Crippen LogP contribution in [0.15, 0.2) is 12.1 Å². The van der Waals surface area contributed by atoms with E-state index >= 15 is 0 Å². The normalized spacial score (nSPS) is 18.9. The first-order chi connectivity index (χ1) is 5.93. The van der Waals surface area contributed by atoms with E-state index in [0.717, 1.165) is 26.1 Å². The Kier molecular flexibility index (Phi) is 5.12. The predicted molar refractivity (Wildman–Crippen MR) is 50.9 cm³/mol. The first-order valence-electron chi connectivity index (χ1n) is 4.83. The predicted octanol–water partition coefficient (Wildman–Crippen LogP) is 2.20. The van der Waals surface area contributed by atoms with Crippen molar-refractivity contribution in [3.8, 4) is 0 Å². The Labute approximate surface area is 75.1 Å². The molecule has 0 unspecified atom stereocenters. The van der Waals surface area contributed by atoms with E-state index in [1.165, 1.54) is 12.8 Å². The zero-order chi connectivity index (χ0) is 8.65. The molecule has 12 heavy (non-hydrogen) atoms. The Morgan fingerprint density at radius 2 is 2.08 bits per heavy atom. The third kappa shape index (κ3) is 3.93. The molecule has 0 spiro atoms. The zero-order valence-corrected chi connectivity index (χ0v) is 7.79. The van der Waals surface area contributed by atoms with Gasteiger partial charge in [0.2, 0.25) is 0 Å². The minimum absolute atomic E-state index is 0.0735. The van der Waals surface area contributed by atoms with Gasteiger partial charge in [0, 0.05) is 13.2 Å². The Morgan fingerprint density at radius 1 is 1.33 bits per heavy atom. The summed E-state index contributed by atoms with van der Waals surface area (Å²) < 4.78 is 10.7. The van der Waals surface area contributed by atoms with Crippen LogP contribution in [0.5, 0.6) is 0 Å². The quantitative estimate of drug-likeness (QED) is 0.473. The maximum Gasteiger partial charge on any atom is 0.485 e. The molecule has 0 aromatic rings. The molecule has 0 saturated carbocycles. The van der Waals surface area contributed by atoms with Gasteiger partial charge in [-0.05, 0) is 12.8 Å². The van der Waals surface area contributed by atoms with Crippen LogP contribution in [0.3, 0.4) is 0 Å². The fourth-order valence-corrected chi connectivity index (χ4v) is 1.15. The van der Waals surface area contributed by atoms with Crippen molar-refractivity contribution in [3.05, 3.63) is 12.1 Å². The van der Waals surface area contributed by atoms with Gasteiger partial charge in [-0.15, -0.1) is 0 Å². The molecule has 68 valence electrons. The summed E-state index contributed by atoms with van der Waals surface area (Å²) in [4.78, 5) is 0. The fraction of sp³-hybridized carbons (Fsp3) is 0.778. The number of allylic oxidation sites excluding steroid dienone is 1. The molecule has 0 aromatic carbocycles. The highest BCUT2D eigenvalue weighted by Crippen LogP contribution is 2.03. The standard InChI is InChI=1S/C9H17BO2/c1-2-3-4-5-7-10-11-8-6-9-12-10/h5,7H,2-4,6,8-9H2,1H3/b7-5+. The molecule has 1 heterocycles. The Bertz CT molecular complexity index is 130. The lowest BCUT2D eigenvalue weighted by molar-refractivity contribution is 0.142. The summed E-state index contributed by atoms with van der Waals surface area (Å²) >= 11 is 0. The molecule has 1 saturated heterocycles. The van der Waals surface area contributed by atoms with Gasteiger partial charge in [0.25, 0.3) is 0 Å². The minimum Gasteiger partial charge on any atom is -0.408 e. The van der Waals surface area contributed by atoms with E-state index in [4.69, 9.17) is 9.31 Å². The first-order valence-corrected chi connectivity index (χ1v) is 4.83. The van der Waals surface area contributed by atoms with Crippen LogP contribution in [0.2, 0.25) is 0 Å². The van der Waals surface area contributed by atoms with Crippen LogP contribution in [0.4, 0.5) is 0 Å². The van der Waals surface area contributed by atoms with Crippen molar-refractivity contribution < 1.29 is 9.31 Å². The van der Waals surface area contributed by atoms with Crippen molar-refractivity contribution in [1.82, 2.24) is 0 Å². The highest BCUT2D eigenvalue weighted by atomic mass is 16.6. The molecule has 1 aliphatic heterocycles. The monoisotopic (exact) mass is 168 g/mol. The average molecular weight is 168 g/mol. The average Bonchev–Trinajstić information content (AvgIpc) is 2.14. The highest BCUT2D eigenvalue weighted by Gasteiger charge is 2.16. The summed E-state index contributed by atoms with van der Waals surface area (Å²) in [7, 11) is -0.0735. The molecule has 0 bridgehead atoms. The lowest BCUT2D eigenvalue weighted by atomic mass is 9.88. The molecule has 0 aromatic heterocycles. The van der Waals surface area contributed by atoms with E-state index in [2.05, 4.69) is 13.0 Å². The van der Waals surface area contributed by atoms with Gasteiger partial charge in [-0.25, -0.2) is 0 Å². The molecule has 1 rings (SSSR count). The van der Waals surface area contributed by atoms with Gasteiger partial charge in [0.15, 0.2) is 0 Å². The molecular formula is C9H17BO2. The van der Waals surface area contributed by atoms with Gasteiger partial charge in [-0.2, -0.15) is 0 Å². The second-order valence-electron chi connectivity index (χ2n) is 3.03. The zero-order valence-electron chi connectivity index (χ0n) is 7.79. The lowest BCUT2D eigenvalue weighted by Crippen LogP contribution is -2.27. The van der Waals surface area contributed by atoms with Crippen molar-refractivity contribution in [1.29, 1.82) is 0 Å². The van der Waals surface area contributed by atoms with Gasteiger partial charge in [0.05, 0.1) is 0 Å². The van der Waals surface area contributed by atoms with Gasteiger partial charge < -0.3 is 9.31 Å². The maximum absolute atomic E-state index is 5.35. The molecule has 0 N–H and O–H groups in total. The number of rotatable bonds is 4. The van der Waals surface area contributed by atoms with E-state index in [9.17, 15) is 0 Å². The summed E-state index contributed by atoms with van der Waals surface area (Å²) in [5.74, 6) is 2.02. The summed E-state index contributed by atoms with van der Waals surface area (Å²) in [5.41, 5.74) is 0. The molecule has 2 nitrogen and oxygen atoms in total. The summed E-state index contributed by atoms with van der Waals surface area (Å²) in [5, 5.41) is 0. The molecule has 3 heteroatoms. The third-order valence-electron chi connectivity index (χ3n) is 1.87. The summed E-state index contributed by atoms with van der Waals surface area (Å²) in [6.45, 7) is 3.87. The topological polar surface area (TPSA) is 18.5 Å². The van der Waals surface area contributed by atoms with Crippen LogP contribution in [0.25, 0.3) is 0 Å². The largest absolute Gasteiger partial charge is 0.485 e. The second kappa shape index (κ2) is 6.26. The highest BCUT2D eigenvalue weighted by molar-refractivity contribution is 6.50. The second-order valence-corrected chi connectivity index (χ2v) is 3.03. The van der Waals surface area contributed by atoms with Crippen LogP contribution in [-0.4, -0.2) is 20.3 Å². The number of hydrogen-bond donors (Lipinski definition) is 0. The van der Waals surface area contributed by atoms with Crippen LogP contribution in [-0.2, 0) is 9.31 Å². The molecule has 1 aliphatic rings. The van der Waals surface area contributed by atoms with Crippen LogP contribution < -0.4 is 0 Å². The van der Waals surface area contributed by atoms with Crippen LogP contribution >= 0.6 is 0 Å². The fourth-order valence-electron chi connectivity index (χ4n) is 1.15. The summed E-state index contributed by atoms with van der Waals surface area (Å²) in [6, 6.07) is 0. The van der Waals surface area contributed by atoms with Crippen molar-refractivity contribution in [2.75, 3.05) is 13.2 Å². The molecule has 0 amide bonds.